The highest BCUT2D eigenvalue weighted by molar-refractivity contribution is 7.17. The molecular weight excluding hydrogens is 456 g/mol. The summed E-state index contributed by atoms with van der Waals surface area (Å²) in [6, 6.07) is 14.4. The summed E-state index contributed by atoms with van der Waals surface area (Å²) < 4.78 is 0. The smallest absolute Gasteiger partial charge is 0.222 e. The lowest BCUT2D eigenvalue weighted by atomic mass is 9.96. The van der Waals surface area contributed by atoms with Gasteiger partial charge in [0.05, 0.1) is 10.9 Å². The molecule has 0 spiro atoms. The number of aliphatic imine (C=N–C) groups is 1. The van der Waals surface area contributed by atoms with Crippen LogP contribution in [0.4, 0.5) is 5.82 Å². The van der Waals surface area contributed by atoms with E-state index in [1.807, 2.05) is 24.3 Å². The SMILES string of the molecule is CC(=O)Nc1cc(-c2cc(C(c3ccc(Cl)cc3)N3CCCC3)c(C3=NCNN3)s2)ccn1. The van der Waals surface area contributed by atoms with Crippen molar-refractivity contribution in [2.45, 2.75) is 25.8 Å². The van der Waals surface area contributed by atoms with Crippen molar-refractivity contribution >= 4 is 40.5 Å². The molecule has 1 saturated heterocycles. The summed E-state index contributed by atoms with van der Waals surface area (Å²) in [6.45, 7) is 4.13. The zero-order chi connectivity index (χ0) is 22.8. The van der Waals surface area contributed by atoms with E-state index < -0.39 is 0 Å². The van der Waals surface area contributed by atoms with Crippen LogP contribution in [-0.4, -0.2) is 41.4 Å². The second-order valence-electron chi connectivity index (χ2n) is 8.17. The molecule has 2 aliphatic rings. The third-order valence-electron chi connectivity index (χ3n) is 5.83. The number of likely N-dealkylation sites (tertiary alicyclic amines) is 1. The molecule has 33 heavy (non-hydrogen) atoms. The summed E-state index contributed by atoms with van der Waals surface area (Å²) in [5.41, 5.74) is 9.76. The molecule has 2 aliphatic heterocycles. The van der Waals surface area contributed by atoms with Crippen molar-refractivity contribution in [2.24, 2.45) is 4.99 Å². The van der Waals surface area contributed by atoms with Crippen molar-refractivity contribution in [3.63, 3.8) is 0 Å². The number of hydrogen-bond acceptors (Lipinski definition) is 7. The number of hydrogen-bond donors (Lipinski definition) is 3. The summed E-state index contributed by atoms with van der Waals surface area (Å²) in [5.74, 6) is 1.26. The lowest BCUT2D eigenvalue weighted by Gasteiger charge is -2.28. The molecule has 1 unspecified atom stereocenters. The lowest BCUT2D eigenvalue weighted by Crippen LogP contribution is -2.32. The maximum absolute atomic E-state index is 11.5. The van der Waals surface area contributed by atoms with Crippen LogP contribution in [0.5, 0.6) is 0 Å². The number of nitrogens with one attached hydrogen (secondary N) is 3. The standard InChI is InChI=1S/C24H25ClN6OS/c1-15(32)29-21-12-17(8-9-26-21)20-13-19(23(33-20)24-27-14-28-30-24)22(31-10-2-3-11-31)16-4-6-18(25)7-5-16/h4-9,12-13,22,28H,2-3,10-11,14H2,1H3,(H,27,30)(H,26,29,32). The maximum Gasteiger partial charge on any atom is 0.222 e. The molecule has 4 heterocycles. The van der Waals surface area contributed by atoms with Gasteiger partial charge >= 0.3 is 0 Å². The number of benzene rings is 1. The normalized spacial score (nSPS) is 17.0. The number of halogens is 1. The van der Waals surface area contributed by atoms with Gasteiger partial charge in [-0.05, 0) is 73.0 Å². The van der Waals surface area contributed by atoms with Crippen molar-refractivity contribution in [3.05, 3.63) is 69.7 Å². The molecule has 3 aromatic rings. The van der Waals surface area contributed by atoms with Crippen molar-refractivity contribution in [1.82, 2.24) is 20.7 Å². The summed E-state index contributed by atoms with van der Waals surface area (Å²) in [4.78, 5) is 25.2. The summed E-state index contributed by atoms with van der Waals surface area (Å²) in [5, 5.41) is 3.51. The molecule has 0 radical (unpaired) electrons. The van der Waals surface area contributed by atoms with Gasteiger partial charge in [-0.15, -0.1) is 11.3 Å². The van der Waals surface area contributed by atoms with Gasteiger partial charge in [0.25, 0.3) is 0 Å². The van der Waals surface area contributed by atoms with E-state index in [1.54, 1.807) is 17.5 Å². The summed E-state index contributed by atoms with van der Waals surface area (Å²) >= 11 is 7.90. The molecule has 1 fully saturated rings. The average Bonchev–Trinajstić information content (AvgIpc) is 3.57. The maximum atomic E-state index is 11.5. The first kappa shape index (κ1) is 22.0. The van der Waals surface area contributed by atoms with Gasteiger partial charge in [0.2, 0.25) is 5.91 Å². The number of carbonyl (C=O) groups is 1. The largest absolute Gasteiger partial charge is 0.311 e. The first-order valence-corrected chi connectivity index (χ1v) is 12.2. The highest BCUT2D eigenvalue weighted by Crippen LogP contribution is 2.41. The van der Waals surface area contributed by atoms with Gasteiger partial charge in [0, 0.05) is 23.0 Å². The number of rotatable bonds is 6. The van der Waals surface area contributed by atoms with Gasteiger partial charge in [0.1, 0.15) is 12.5 Å². The predicted molar refractivity (Wildman–Crippen MR) is 134 cm³/mol. The molecule has 1 aromatic carbocycles. The van der Waals surface area contributed by atoms with Crippen LogP contribution in [0, 0.1) is 0 Å². The number of carbonyl (C=O) groups excluding carboxylic acids is 1. The number of hydrazine groups is 1. The van der Waals surface area contributed by atoms with E-state index in [-0.39, 0.29) is 11.9 Å². The zero-order valence-electron chi connectivity index (χ0n) is 18.3. The number of amidine groups is 1. The minimum absolute atomic E-state index is 0.103. The second-order valence-corrected chi connectivity index (χ2v) is 9.66. The molecule has 0 saturated carbocycles. The molecular formula is C24H25ClN6OS. The molecule has 3 N–H and O–H groups in total. The third-order valence-corrected chi connectivity index (χ3v) is 7.29. The minimum atomic E-state index is -0.139. The van der Waals surface area contributed by atoms with Crippen molar-refractivity contribution in [3.8, 4) is 10.4 Å². The Morgan fingerprint density at radius 1 is 1.18 bits per heavy atom. The quantitative estimate of drug-likeness (QED) is 0.486. The van der Waals surface area contributed by atoms with Crippen molar-refractivity contribution in [1.29, 1.82) is 0 Å². The van der Waals surface area contributed by atoms with Gasteiger partial charge in [-0.3, -0.25) is 9.69 Å². The fourth-order valence-corrected chi connectivity index (χ4v) is 5.69. The van der Waals surface area contributed by atoms with Crippen LogP contribution in [0.3, 0.4) is 0 Å². The first-order chi connectivity index (χ1) is 16.1. The molecule has 170 valence electrons. The van der Waals surface area contributed by atoms with E-state index in [1.165, 1.54) is 30.9 Å². The van der Waals surface area contributed by atoms with Gasteiger partial charge in [-0.2, -0.15) is 0 Å². The van der Waals surface area contributed by atoms with Gasteiger partial charge in [-0.1, -0.05) is 23.7 Å². The lowest BCUT2D eigenvalue weighted by molar-refractivity contribution is -0.114. The van der Waals surface area contributed by atoms with E-state index >= 15 is 0 Å². The van der Waals surface area contributed by atoms with E-state index in [9.17, 15) is 4.79 Å². The average molecular weight is 481 g/mol. The highest BCUT2D eigenvalue weighted by Gasteiger charge is 2.30. The summed E-state index contributed by atoms with van der Waals surface area (Å²) in [7, 11) is 0. The zero-order valence-corrected chi connectivity index (χ0v) is 19.8. The monoisotopic (exact) mass is 480 g/mol. The van der Waals surface area contributed by atoms with Crippen LogP contribution in [0.15, 0.2) is 53.7 Å². The van der Waals surface area contributed by atoms with E-state index in [4.69, 9.17) is 11.6 Å². The minimum Gasteiger partial charge on any atom is -0.311 e. The van der Waals surface area contributed by atoms with Gasteiger partial charge in [-0.25, -0.2) is 15.4 Å². The second kappa shape index (κ2) is 9.61. The first-order valence-electron chi connectivity index (χ1n) is 11.0. The van der Waals surface area contributed by atoms with E-state index in [0.29, 0.717) is 12.5 Å². The Morgan fingerprint density at radius 3 is 2.67 bits per heavy atom. The molecule has 1 atom stereocenters. The highest BCUT2D eigenvalue weighted by atomic mass is 35.5. The van der Waals surface area contributed by atoms with Crippen molar-refractivity contribution < 1.29 is 4.79 Å². The molecule has 0 bridgehead atoms. The number of thiophene rings is 1. The third kappa shape index (κ3) is 4.79. The molecule has 0 aliphatic carbocycles. The Bertz CT molecular complexity index is 1190. The number of pyridine rings is 1. The molecule has 5 rings (SSSR count). The van der Waals surface area contributed by atoms with Crippen LogP contribution in [-0.2, 0) is 4.79 Å². The number of aromatic nitrogens is 1. The van der Waals surface area contributed by atoms with Crippen LogP contribution < -0.4 is 16.2 Å². The summed E-state index contributed by atoms with van der Waals surface area (Å²) in [6.07, 6.45) is 4.12. The van der Waals surface area contributed by atoms with Crippen LogP contribution in [0.25, 0.3) is 10.4 Å². The predicted octanol–water partition coefficient (Wildman–Crippen LogP) is 4.42. The Morgan fingerprint density at radius 2 is 1.97 bits per heavy atom. The molecule has 1 amide bonds. The number of amides is 1. The molecule has 9 heteroatoms. The molecule has 2 aromatic heterocycles. The Labute approximate surface area is 201 Å². The Hall–Kier alpha value is -2.78. The van der Waals surface area contributed by atoms with Crippen LogP contribution in [0.2, 0.25) is 5.02 Å². The topological polar surface area (TPSA) is 81.7 Å². The molecule has 7 nitrogen and oxygen atoms in total. The van der Waals surface area contributed by atoms with Crippen LogP contribution >= 0.6 is 22.9 Å². The fraction of sp³-hybridized carbons (Fsp3) is 0.292. The van der Waals surface area contributed by atoms with Gasteiger partial charge < -0.3 is 10.7 Å². The van der Waals surface area contributed by atoms with Gasteiger partial charge in [0.15, 0.2) is 5.84 Å². The Kier molecular flexibility index (Phi) is 6.41. The fourth-order valence-electron chi connectivity index (χ4n) is 4.41. The van der Waals surface area contributed by atoms with E-state index in [2.05, 4.69) is 49.2 Å². The number of nitrogens with zero attached hydrogens (tertiary/aromatic N) is 3. The Balaban J connectivity index is 1.62. The van der Waals surface area contributed by atoms with Crippen molar-refractivity contribution in [2.75, 3.05) is 25.1 Å². The van der Waals surface area contributed by atoms with Crippen LogP contribution in [0.1, 0.15) is 41.8 Å². The number of anilines is 1. The van der Waals surface area contributed by atoms with E-state index in [0.717, 1.165) is 39.3 Å².